The topological polar surface area (TPSA) is 92.2 Å². The molecule has 0 atom stereocenters. The largest absolute Gasteiger partial charge is 0.478 e. The number of aromatic nitrogens is 2. The molecule has 2 rings (SSSR count). The molecule has 0 unspecified atom stereocenters. The first-order valence-corrected chi connectivity index (χ1v) is 4.84. The third-order valence-electron chi connectivity index (χ3n) is 2.17. The Morgan fingerprint density at radius 2 is 1.94 bits per heavy atom. The van der Waals surface area contributed by atoms with Crippen LogP contribution in [0.3, 0.4) is 0 Å². The molecule has 86 valence electrons. The summed E-state index contributed by atoms with van der Waals surface area (Å²) in [5.74, 6) is -1.49. The van der Waals surface area contributed by atoms with E-state index in [4.69, 9.17) is 5.11 Å². The number of amides is 1. The molecule has 0 aliphatic carbocycles. The van der Waals surface area contributed by atoms with E-state index >= 15 is 0 Å². The standard InChI is InChI=1S/C11H9N3O3/c1-6(15)14-7-2-3-8-10(9(7)11(16)17)13-5-4-12-8/h2-5H,1H3,(H,14,15)(H,16,17). The Balaban J connectivity index is 2.72. The van der Waals surface area contributed by atoms with Crippen molar-refractivity contribution in [1.82, 2.24) is 9.97 Å². The second kappa shape index (κ2) is 4.17. The number of fused-ring (bicyclic) bond motifs is 1. The van der Waals surface area contributed by atoms with Crippen LogP contribution in [0.2, 0.25) is 0 Å². The van der Waals surface area contributed by atoms with E-state index in [0.29, 0.717) is 5.52 Å². The molecule has 2 N–H and O–H groups in total. The molecule has 0 fully saturated rings. The van der Waals surface area contributed by atoms with Gasteiger partial charge in [0.1, 0.15) is 11.1 Å². The van der Waals surface area contributed by atoms with Crippen LogP contribution in [0.25, 0.3) is 11.0 Å². The van der Waals surface area contributed by atoms with Gasteiger partial charge in [-0.2, -0.15) is 0 Å². The van der Waals surface area contributed by atoms with Crippen molar-refractivity contribution in [3.05, 3.63) is 30.1 Å². The summed E-state index contributed by atoms with van der Waals surface area (Å²) in [4.78, 5) is 30.2. The monoisotopic (exact) mass is 231 g/mol. The van der Waals surface area contributed by atoms with Crippen LogP contribution in [0.5, 0.6) is 0 Å². The van der Waals surface area contributed by atoms with Crippen LogP contribution >= 0.6 is 0 Å². The van der Waals surface area contributed by atoms with Crippen molar-refractivity contribution in [3.8, 4) is 0 Å². The van der Waals surface area contributed by atoms with Crippen LogP contribution < -0.4 is 5.32 Å². The lowest BCUT2D eigenvalue weighted by molar-refractivity contribution is -0.114. The molecular weight excluding hydrogens is 222 g/mol. The second-order valence-corrected chi connectivity index (χ2v) is 3.40. The van der Waals surface area contributed by atoms with Crippen LogP contribution in [-0.4, -0.2) is 27.0 Å². The van der Waals surface area contributed by atoms with Gasteiger partial charge in [-0.1, -0.05) is 0 Å². The number of benzene rings is 1. The predicted molar refractivity (Wildman–Crippen MR) is 60.8 cm³/mol. The normalized spacial score (nSPS) is 10.2. The molecule has 0 saturated carbocycles. The molecule has 0 radical (unpaired) electrons. The first-order valence-electron chi connectivity index (χ1n) is 4.84. The lowest BCUT2D eigenvalue weighted by Gasteiger charge is -2.08. The van der Waals surface area contributed by atoms with Gasteiger partial charge in [0.05, 0.1) is 11.2 Å². The lowest BCUT2D eigenvalue weighted by atomic mass is 10.1. The zero-order chi connectivity index (χ0) is 12.4. The second-order valence-electron chi connectivity index (χ2n) is 3.40. The van der Waals surface area contributed by atoms with Crippen LogP contribution in [-0.2, 0) is 4.79 Å². The van der Waals surface area contributed by atoms with Gasteiger partial charge in [0, 0.05) is 19.3 Å². The van der Waals surface area contributed by atoms with E-state index in [0.717, 1.165) is 0 Å². The molecule has 0 spiro atoms. The summed E-state index contributed by atoms with van der Waals surface area (Å²) in [6.07, 6.45) is 2.89. The van der Waals surface area contributed by atoms with E-state index in [2.05, 4.69) is 15.3 Å². The smallest absolute Gasteiger partial charge is 0.340 e. The quantitative estimate of drug-likeness (QED) is 0.812. The van der Waals surface area contributed by atoms with Gasteiger partial charge in [-0.05, 0) is 12.1 Å². The van der Waals surface area contributed by atoms with E-state index < -0.39 is 5.97 Å². The minimum absolute atomic E-state index is 0.0502. The fourth-order valence-electron chi connectivity index (χ4n) is 1.55. The maximum absolute atomic E-state index is 11.2. The van der Waals surface area contributed by atoms with Gasteiger partial charge in [0.15, 0.2) is 0 Å². The van der Waals surface area contributed by atoms with Crippen LogP contribution in [0.4, 0.5) is 5.69 Å². The molecule has 0 aliphatic rings. The maximum Gasteiger partial charge on any atom is 0.340 e. The number of anilines is 1. The highest BCUT2D eigenvalue weighted by molar-refractivity contribution is 6.08. The highest BCUT2D eigenvalue weighted by Crippen LogP contribution is 2.23. The molecule has 1 heterocycles. The molecule has 1 aromatic carbocycles. The SMILES string of the molecule is CC(=O)Nc1ccc2nccnc2c1C(=O)O. The third-order valence-corrected chi connectivity index (χ3v) is 2.17. The van der Waals surface area contributed by atoms with Crippen molar-refractivity contribution in [1.29, 1.82) is 0 Å². The Labute approximate surface area is 96.3 Å². The number of hydrogen-bond acceptors (Lipinski definition) is 4. The molecule has 0 aliphatic heterocycles. The van der Waals surface area contributed by atoms with Gasteiger partial charge < -0.3 is 10.4 Å². The number of carboxylic acid groups (broad SMARTS) is 1. The van der Waals surface area contributed by atoms with Gasteiger partial charge in [-0.3, -0.25) is 14.8 Å². The van der Waals surface area contributed by atoms with Crippen LogP contribution in [0, 0.1) is 0 Å². The maximum atomic E-state index is 11.2. The predicted octanol–water partition coefficient (Wildman–Crippen LogP) is 1.29. The number of carbonyl (C=O) groups is 2. The Bertz CT molecular complexity index is 610. The van der Waals surface area contributed by atoms with E-state index in [1.165, 1.54) is 25.4 Å². The zero-order valence-electron chi connectivity index (χ0n) is 8.97. The molecule has 1 aromatic heterocycles. The van der Waals surface area contributed by atoms with Crippen molar-refractivity contribution < 1.29 is 14.7 Å². The van der Waals surface area contributed by atoms with E-state index in [1.54, 1.807) is 6.07 Å². The average Bonchev–Trinajstić information content (AvgIpc) is 2.27. The zero-order valence-corrected chi connectivity index (χ0v) is 8.97. The summed E-state index contributed by atoms with van der Waals surface area (Å²) in [6.45, 7) is 1.31. The first kappa shape index (κ1) is 11.0. The summed E-state index contributed by atoms with van der Waals surface area (Å²) < 4.78 is 0. The number of aromatic carboxylic acids is 1. The number of carbonyl (C=O) groups excluding carboxylic acids is 1. The first-order chi connectivity index (χ1) is 8.09. The van der Waals surface area contributed by atoms with Crippen molar-refractivity contribution >= 4 is 28.6 Å². The molecular formula is C11H9N3O3. The Kier molecular flexibility index (Phi) is 2.70. The summed E-state index contributed by atoms with van der Waals surface area (Å²) in [5.41, 5.74) is 0.897. The van der Waals surface area contributed by atoms with Crippen LogP contribution in [0.1, 0.15) is 17.3 Å². The van der Waals surface area contributed by atoms with Gasteiger partial charge in [0.2, 0.25) is 5.91 Å². The Morgan fingerprint density at radius 1 is 1.24 bits per heavy atom. The summed E-state index contributed by atoms with van der Waals surface area (Å²) in [6, 6.07) is 3.11. The highest BCUT2D eigenvalue weighted by atomic mass is 16.4. The Hall–Kier alpha value is -2.50. The number of carboxylic acids is 1. The number of rotatable bonds is 2. The average molecular weight is 231 g/mol. The molecule has 1 amide bonds. The van der Waals surface area contributed by atoms with Gasteiger partial charge in [0.25, 0.3) is 0 Å². The minimum Gasteiger partial charge on any atom is -0.478 e. The molecule has 0 bridgehead atoms. The summed E-state index contributed by atoms with van der Waals surface area (Å²) in [5, 5.41) is 11.6. The highest BCUT2D eigenvalue weighted by Gasteiger charge is 2.16. The van der Waals surface area contributed by atoms with Gasteiger partial charge >= 0.3 is 5.97 Å². The lowest BCUT2D eigenvalue weighted by Crippen LogP contribution is -2.11. The minimum atomic E-state index is -1.15. The van der Waals surface area contributed by atoms with E-state index in [1.807, 2.05) is 0 Å². The number of hydrogen-bond donors (Lipinski definition) is 2. The third kappa shape index (κ3) is 2.05. The van der Waals surface area contributed by atoms with Crippen LogP contribution in [0.15, 0.2) is 24.5 Å². The molecule has 0 saturated heterocycles. The summed E-state index contributed by atoms with van der Waals surface area (Å²) in [7, 11) is 0. The van der Waals surface area contributed by atoms with E-state index in [9.17, 15) is 9.59 Å². The summed E-state index contributed by atoms with van der Waals surface area (Å²) >= 11 is 0. The Morgan fingerprint density at radius 3 is 2.59 bits per heavy atom. The number of nitrogens with one attached hydrogen (secondary N) is 1. The molecule has 6 heteroatoms. The fraction of sp³-hybridized carbons (Fsp3) is 0.0909. The van der Waals surface area contributed by atoms with Gasteiger partial charge in [-0.25, -0.2) is 4.79 Å². The van der Waals surface area contributed by atoms with E-state index in [-0.39, 0.29) is 22.7 Å². The van der Waals surface area contributed by atoms with Gasteiger partial charge in [-0.15, -0.1) is 0 Å². The molecule has 17 heavy (non-hydrogen) atoms. The van der Waals surface area contributed by atoms with Crippen molar-refractivity contribution in [2.45, 2.75) is 6.92 Å². The van der Waals surface area contributed by atoms with Crippen molar-refractivity contribution in [3.63, 3.8) is 0 Å². The van der Waals surface area contributed by atoms with Crippen molar-refractivity contribution in [2.75, 3.05) is 5.32 Å². The number of nitrogens with zero attached hydrogens (tertiary/aromatic N) is 2. The molecule has 2 aromatic rings. The van der Waals surface area contributed by atoms with Crippen molar-refractivity contribution in [2.24, 2.45) is 0 Å². The molecule has 6 nitrogen and oxygen atoms in total. The fourth-order valence-corrected chi connectivity index (χ4v) is 1.55.